The van der Waals surface area contributed by atoms with Crippen LogP contribution in [-0.2, 0) is 9.53 Å². The molecule has 68 valence electrons. The number of carbonyl (C=O) groups excluding carboxylic acids is 1. The second-order valence-electron chi connectivity index (χ2n) is 4.22. The van der Waals surface area contributed by atoms with Gasteiger partial charge in [-0.25, -0.2) is 0 Å². The van der Waals surface area contributed by atoms with Crippen molar-refractivity contribution in [3.63, 3.8) is 0 Å². The predicted octanol–water partition coefficient (Wildman–Crippen LogP) is 2.15. The molecule has 1 aliphatic carbocycles. The molecule has 2 aliphatic rings. The monoisotopic (exact) mass is 280 g/mol. The summed E-state index contributed by atoms with van der Waals surface area (Å²) in [6.45, 7) is 4.21. The number of esters is 1. The molecule has 0 spiro atoms. The molecule has 2 nitrogen and oxygen atoms in total. The summed E-state index contributed by atoms with van der Waals surface area (Å²) in [5.41, 5.74) is -0.174. The van der Waals surface area contributed by atoms with E-state index in [9.17, 15) is 4.79 Å². The van der Waals surface area contributed by atoms with E-state index in [4.69, 9.17) is 4.74 Å². The Balaban J connectivity index is 2.31. The van der Waals surface area contributed by atoms with Gasteiger partial charge in [-0.3, -0.25) is 4.79 Å². The van der Waals surface area contributed by atoms with Crippen molar-refractivity contribution < 1.29 is 9.53 Å². The Labute approximate surface area is 86.2 Å². The number of halogens is 1. The zero-order valence-corrected chi connectivity index (χ0v) is 9.50. The summed E-state index contributed by atoms with van der Waals surface area (Å²) in [6.07, 6.45) is 2.24. The first-order valence-corrected chi connectivity index (χ1v) is 5.64. The van der Waals surface area contributed by atoms with Gasteiger partial charge < -0.3 is 4.74 Å². The van der Waals surface area contributed by atoms with Gasteiger partial charge in [-0.05, 0) is 19.3 Å². The number of alkyl halides is 1. The average molecular weight is 280 g/mol. The molecule has 2 bridgehead atoms. The van der Waals surface area contributed by atoms with E-state index in [1.165, 1.54) is 0 Å². The molecule has 0 amide bonds. The van der Waals surface area contributed by atoms with Gasteiger partial charge in [0.1, 0.15) is 6.10 Å². The van der Waals surface area contributed by atoms with Gasteiger partial charge >= 0.3 is 5.97 Å². The second kappa shape index (κ2) is 2.59. The van der Waals surface area contributed by atoms with Crippen LogP contribution in [-0.4, -0.2) is 16.0 Å². The van der Waals surface area contributed by atoms with Gasteiger partial charge in [0.05, 0.1) is 5.41 Å². The topological polar surface area (TPSA) is 26.3 Å². The highest BCUT2D eigenvalue weighted by atomic mass is 127. The normalized spacial score (nSPS) is 52.2. The van der Waals surface area contributed by atoms with Crippen LogP contribution in [0, 0.1) is 11.3 Å². The van der Waals surface area contributed by atoms with Crippen molar-refractivity contribution in [1.82, 2.24) is 0 Å². The predicted molar refractivity (Wildman–Crippen MR) is 54.2 cm³/mol. The van der Waals surface area contributed by atoms with E-state index < -0.39 is 0 Å². The lowest BCUT2D eigenvalue weighted by molar-refractivity contribution is -0.148. The molecule has 0 aromatic carbocycles. The Kier molecular flexibility index (Phi) is 1.90. The Morgan fingerprint density at radius 2 is 2.33 bits per heavy atom. The standard InChI is InChI=1S/C9H13IO2/c1-5-3-6(10)7-4-9(5,2)8(11)12-7/h5-7H,3-4H2,1-2H3/t5-,6?,7+,9-/m1/s1. The number of carbonyl (C=O) groups is 1. The van der Waals surface area contributed by atoms with Crippen LogP contribution in [0.2, 0.25) is 0 Å². The van der Waals surface area contributed by atoms with Crippen LogP contribution in [0.3, 0.4) is 0 Å². The lowest BCUT2D eigenvalue weighted by atomic mass is 9.69. The smallest absolute Gasteiger partial charge is 0.312 e. The summed E-state index contributed by atoms with van der Waals surface area (Å²) in [5, 5.41) is 0. The van der Waals surface area contributed by atoms with Crippen LogP contribution >= 0.6 is 22.6 Å². The summed E-state index contributed by atoms with van der Waals surface area (Å²) >= 11 is 2.40. The first-order chi connectivity index (χ1) is 5.54. The van der Waals surface area contributed by atoms with Crippen molar-refractivity contribution in [2.75, 3.05) is 0 Å². The Morgan fingerprint density at radius 1 is 1.67 bits per heavy atom. The van der Waals surface area contributed by atoms with E-state index in [2.05, 4.69) is 29.5 Å². The fraction of sp³-hybridized carbons (Fsp3) is 0.889. The third-order valence-electron chi connectivity index (χ3n) is 3.42. The van der Waals surface area contributed by atoms with Gasteiger partial charge in [0.2, 0.25) is 0 Å². The SMILES string of the molecule is C[C@@H]1CC(I)[C@@H]2C[C@@]1(C)C(=O)O2. The molecule has 12 heavy (non-hydrogen) atoms. The van der Waals surface area contributed by atoms with Gasteiger partial charge in [-0.15, -0.1) is 0 Å². The van der Waals surface area contributed by atoms with Crippen molar-refractivity contribution in [3.8, 4) is 0 Å². The van der Waals surface area contributed by atoms with Gasteiger partial charge in [0.15, 0.2) is 0 Å². The molecule has 4 atom stereocenters. The number of hydrogen-bond donors (Lipinski definition) is 0. The van der Waals surface area contributed by atoms with Crippen molar-refractivity contribution in [1.29, 1.82) is 0 Å². The Hall–Kier alpha value is 0.200. The van der Waals surface area contributed by atoms with E-state index in [-0.39, 0.29) is 17.5 Å². The van der Waals surface area contributed by atoms with E-state index in [1.807, 2.05) is 6.92 Å². The van der Waals surface area contributed by atoms with Gasteiger partial charge in [-0.1, -0.05) is 29.5 Å². The molecule has 1 saturated heterocycles. The fourth-order valence-electron chi connectivity index (χ4n) is 2.17. The first kappa shape index (κ1) is 8.78. The average Bonchev–Trinajstić information content (AvgIpc) is 2.25. The first-order valence-electron chi connectivity index (χ1n) is 4.39. The van der Waals surface area contributed by atoms with Crippen LogP contribution < -0.4 is 0 Å². The van der Waals surface area contributed by atoms with Gasteiger partial charge in [-0.2, -0.15) is 0 Å². The molecule has 1 unspecified atom stereocenters. The molecule has 3 heteroatoms. The molecule has 0 N–H and O–H groups in total. The quantitative estimate of drug-likeness (QED) is 0.386. The molecule has 0 radical (unpaired) electrons. The highest BCUT2D eigenvalue weighted by Crippen LogP contribution is 2.50. The van der Waals surface area contributed by atoms with Crippen LogP contribution in [0.25, 0.3) is 0 Å². The lowest BCUT2D eigenvalue weighted by Gasteiger charge is -2.33. The summed E-state index contributed by atoms with van der Waals surface area (Å²) in [5.74, 6) is 0.504. The number of fused-ring (bicyclic) bond motifs is 2. The zero-order valence-electron chi connectivity index (χ0n) is 7.34. The zero-order chi connectivity index (χ0) is 8.93. The van der Waals surface area contributed by atoms with Crippen molar-refractivity contribution in [2.45, 2.75) is 36.7 Å². The van der Waals surface area contributed by atoms with E-state index >= 15 is 0 Å². The largest absolute Gasteiger partial charge is 0.461 e. The van der Waals surface area contributed by atoms with Crippen LogP contribution in [0.1, 0.15) is 26.7 Å². The van der Waals surface area contributed by atoms with Crippen molar-refractivity contribution in [3.05, 3.63) is 0 Å². The minimum absolute atomic E-state index is 0.0270. The molecule has 2 fully saturated rings. The maximum absolute atomic E-state index is 11.5. The molecule has 1 aliphatic heterocycles. The van der Waals surface area contributed by atoms with Crippen LogP contribution in [0.4, 0.5) is 0 Å². The molecular weight excluding hydrogens is 267 g/mol. The maximum Gasteiger partial charge on any atom is 0.312 e. The van der Waals surface area contributed by atoms with E-state index in [0.717, 1.165) is 12.8 Å². The summed E-state index contributed by atoms with van der Waals surface area (Å²) in [4.78, 5) is 11.5. The summed E-state index contributed by atoms with van der Waals surface area (Å²) in [7, 11) is 0. The molecule has 1 heterocycles. The lowest BCUT2D eigenvalue weighted by Crippen LogP contribution is -2.36. The van der Waals surface area contributed by atoms with Gasteiger partial charge in [0, 0.05) is 10.3 Å². The summed E-state index contributed by atoms with van der Waals surface area (Å²) in [6, 6.07) is 0. The molecule has 1 saturated carbocycles. The Morgan fingerprint density at radius 3 is 3.00 bits per heavy atom. The summed E-state index contributed by atoms with van der Waals surface area (Å²) < 4.78 is 5.85. The third kappa shape index (κ3) is 1.01. The highest BCUT2D eigenvalue weighted by Gasteiger charge is 2.54. The highest BCUT2D eigenvalue weighted by molar-refractivity contribution is 14.1. The maximum atomic E-state index is 11.5. The second-order valence-corrected chi connectivity index (χ2v) is 5.82. The van der Waals surface area contributed by atoms with E-state index in [0.29, 0.717) is 9.84 Å². The fourth-order valence-corrected chi connectivity index (χ4v) is 3.33. The molecular formula is C9H13IO2. The molecule has 2 rings (SSSR count). The van der Waals surface area contributed by atoms with Crippen molar-refractivity contribution in [2.24, 2.45) is 11.3 Å². The number of ether oxygens (including phenoxy) is 1. The number of rotatable bonds is 0. The van der Waals surface area contributed by atoms with E-state index in [1.54, 1.807) is 0 Å². The molecule has 0 aromatic rings. The minimum Gasteiger partial charge on any atom is -0.461 e. The van der Waals surface area contributed by atoms with Crippen LogP contribution in [0.15, 0.2) is 0 Å². The third-order valence-corrected chi connectivity index (χ3v) is 4.73. The van der Waals surface area contributed by atoms with Crippen LogP contribution in [0.5, 0.6) is 0 Å². The molecule has 0 aromatic heterocycles. The number of hydrogen-bond acceptors (Lipinski definition) is 2. The van der Waals surface area contributed by atoms with Gasteiger partial charge in [0.25, 0.3) is 0 Å². The Bertz CT molecular complexity index is 229. The van der Waals surface area contributed by atoms with Crippen molar-refractivity contribution >= 4 is 28.6 Å². The minimum atomic E-state index is -0.174.